The van der Waals surface area contributed by atoms with E-state index in [0.29, 0.717) is 23.5 Å². The van der Waals surface area contributed by atoms with Crippen LogP contribution < -0.4 is 16.0 Å². The summed E-state index contributed by atoms with van der Waals surface area (Å²) in [5, 5.41) is 54.1. The van der Waals surface area contributed by atoms with Gasteiger partial charge in [-0.15, -0.1) is 0 Å². The minimum atomic E-state index is -1.30. The standard InChI is InChI=1S/C37H37N9O6/c47-20-30(49)42-28-15-29(33(51)32(28)50)45-21-40-31-34(38-18-27(23-9-3-1-4-10-23)24-11-5-2-6-12-24)43-37(44-35(31)45)46-19-25(17-41-46)36(52)39-16-22-8-7-13-26(48)14-22/h1-14,17,19,21,27-29,32-33,47-48,50-51H,15-16,18,20H2,(H,39,52)(H,42,49)(H,38,43,44)/t28-,29+,32+,33-/m0/s1. The Kier molecular flexibility index (Phi) is 9.88. The highest BCUT2D eigenvalue weighted by atomic mass is 16.3. The molecule has 1 saturated carbocycles. The van der Waals surface area contributed by atoms with Crippen molar-refractivity contribution in [1.29, 1.82) is 0 Å². The minimum Gasteiger partial charge on any atom is -0.508 e. The van der Waals surface area contributed by atoms with Crippen LogP contribution in [0.1, 0.15) is 45.4 Å². The lowest BCUT2D eigenvalue weighted by Gasteiger charge is -2.20. The molecular weight excluding hydrogens is 666 g/mol. The fraction of sp³-hybridized carbons (Fsp3) is 0.243. The topological polar surface area (TPSA) is 213 Å². The number of phenolic OH excluding ortho intramolecular Hbond substituents is 1. The summed E-state index contributed by atoms with van der Waals surface area (Å²) < 4.78 is 2.99. The monoisotopic (exact) mass is 703 g/mol. The van der Waals surface area contributed by atoms with Gasteiger partial charge in [-0.05, 0) is 35.2 Å². The van der Waals surface area contributed by atoms with Crippen LogP contribution in [0, 0.1) is 0 Å². The van der Waals surface area contributed by atoms with Gasteiger partial charge in [0.25, 0.3) is 11.9 Å². The van der Waals surface area contributed by atoms with E-state index in [9.17, 15) is 30.0 Å². The molecule has 1 aliphatic carbocycles. The summed E-state index contributed by atoms with van der Waals surface area (Å²) in [5.41, 5.74) is 3.86. The first-order valence-electron chi connectivity index (χ1n) is 16.7. The van der Waals surface area contributed by atoms with E-state index in [4.69, 9.17) is 9.97 Å². The summed E-state index contributed by atoms with van der Waals surface area (Å²) >= 11 is 0. The van der Waals surface area contributed by atoms with E-state index in [-0.39, 0.29) is 36.1 Å². The number of anilines is 1. The number of imidazole rings is 1. The molecule has 0 saturated heterocycles. The number of benzene rings is 3. The van der Waals surface area contributed by atoms with Crippen LogP contribution in [0.25, 0.3) is 17.1 Å². The summed E-state index contributed by atoms with van der Waals surface area (Å²) in [5.74, 6) is -0.550. The van der Waals surface area contributed by atoms with Gasteiger partial charge in [-0.1, -0.05) is 72.8 Å². The van der Waals surface area contributed by atoms with Crippen molar-refractivity contribution in [3.63, 3.8) is 0 Å². The van der Waals surface area contributed by atoms with Gasteiger partial charge < -0.3 is 40.9 Å². The maximum atomic E-state index is 13.1. The van der Waals surface area contributed by atoms with Gasteiger partial charge in [0.2, 0.25) is 5.91 Å². The second-order valence-corrected chi connectivity index (χ2v) is 12.6. The lowest BCUT2D eigenvalue weighted by Crippen LogP contribution is -2.44. The molecule has 3 heterocycles. The zero-order valence-corrected chi connectivity index (χ0v) is 27.8. The summed E-state index contributed by atoms with van der Waals surface area (Å²) in [6, 6.07) is 25.1. The number of nitrogens with one attached hydrogen (secondary N) is 3. The number of phenols is 1. The Bertz CT molecular complexity index is 2140. The molecule has 3 aromatic carbocycles. The molecule has 0 unspecified atom stereocenters. The van der Waals surface area contributed by atoms with Crippen molar-refractivity contribution in [3.8, 4) is 11.7 Å². The van der Waals surface area contributed by atoms with Gasteiger partial charge in [0.05, 0.1) is 30.2 Å². The van der Waals surface area contributed by atoms with E-state index >= 15 is 0 Å². The first-order chi connectivity index (χ1) is 25.3. The number of hydrogen-bond acceptors (Lipinski definition) is 11. The van der Waals surface area contributed by atoms with Crippen LogP contribution in [0.15, 0.2) is 104 Å². The Hall–Kier alpha value is -6.16. The Balaban J connectivity index is 1.23. The third kappa shape index (κ3) is 7.18. The molecule has 0 bridgehead atoms. The average Bonchev–Trinajstić information content (AvgIpc) is 3.90. The normalized spacial score (nSPS) is 18.5. The maximum absolute atomic E-state index is 13.1. The predicted octanol–water partition coefficient (Wildman–Crippen LogP) is 2.04. The van der Waals surface area contributed by atoms with Gasteiger partial charge in [-0.25, -0.2) is 9.67 Å². The number of rotatable bonds is 12. The number of hydrogen-bond donors (Lipinski definition) is 7. The second kappa shape index (κ2) is 15.0. The molecule has 1 fully saturated rings. The van der Waals surface area contributed by atoms with E-state index < -0.39 is 42.7 Å². The summed E-state index contributed by atoms with van der Waals surface area (Å²) in [4.78, 5) is 39.2. The Labute approximate surface area is 297 Å². The molecule has 2 amide bonds. The Morgan fingerprint density at radius 1 is 0.923 bits per heavy atom. The molecular formula is C37H37N9O6. The quantitative estimate of drug-likeness (QED) is 0.0980. The molecule has 4 atom stereocenters. The van der Waals surface area contributed by atoms with Crippen LogP contribution in [-0.2, 0) is 11.3 Å². The molecule has 15 heteroatoms. The molecule has 3 aromatic heterocycles. The van der Waals surface area contributed by atoms with Crippen molar-refractivity contribution in [1.82, 2.24) is 39.9 Å². The van der Waals surface area contributed by atoms with Crippen molar-refractivity contribution in [2.75, 3.05) is 18.5 Å². The minimum absolute atomic E-state index is 0.0628. The van der Waals surface area contributed by atoms with E-state index in [0.717, 1.165) is 16.7 Å². The number of fused-ring (bicyclic) bond motifs is 1. The fourth-order valence-corrected chi connectivity index (χ4v) is 6.55. The van der Waals surface area contributed by atoms with Gasteiger partial charge in [0, 0.05) is 25.2 Å². The third-order valence-electron chi connectivity index (χ3n) is 9.20. The van der Waals surface area contributed by atoms with E-state index in [2.05, 4.69) is 50.3 Å². The van der Waals surface area contributed by atoms with Crippen LogP contribution in [0.4, 0.5) is 5.82 Å². The van der Waals surface area contributed by atoms with Crippen molar-refractivity contribution >= 4 is 28.8 Å². The SMILES string of the molecule is O=C(CO)N[C@H]1C[C@@H](n2cnc3c(NCC(c4ccccc4)c4ccccc4)nc(-n4cc(C(=O)NCc5cccc(O)c5)cn4)nc32)[C@H](O)[C@@H]1O. The molecule has 0 radical (unpaired) electrons. The number of carbonyl (C=O) groups is 2. The smallest absolute Gasteiger partial charge is 0.254 e. The summed E-state index contributed by atoms with van der Waals surface area (Å²) in [7, 11) is 0. The third-order valence-corrected chi connectivity index (χ3v) is 9.20. The van der Waals surface area contributed by atoms with Gasteiger partial charge in [0.15, 0.2) is 17.0 Å². The zero-order valence-electron chi connectivity index (χ0n) is 27.8. The van der Waals surface area contributed by atoms with Crippen molar-refractivity contribution < 1.29 is 30.0 Å². The molecule has 0 spiro atoms. The Morgan fingerprint density at radius 2 is 1.65 bits per heavy atom. The maximum Gasteiger partial charge on any atom is 0.254 e. The van der Waals surface area contributed by atoms with Gasteiger partial charge in [-0.3, -0.25) is 9.59 Å². The molecule has 1 aliphatic rings. The van der Waals surface area contributed by atoms with Crippen molar-refractivity contribution in [3.05, 3.63) is 126 Å². The van der Waals surface area contributed by atoms with Crippen LogP contribution in [-0.4, -0.2) is 92.9 Å². The number of amides is 2. The van der Waals surface area contributed by atoms with Crippen molar-refractivity contribution in [2.24, 2.45) is 0 Å². The lowest BCUT2D eigenvalue weighted by molar-refractivity contribution is -0.125. The summed E-state index contributed by atoms with van der Waals surface area (Å²) in [6.07, 6.45) is 1.93. The van der Waals surface area contributed by atoms with Crippen LogP contribution in [0.3, 0.4) is 0 Å². The van der Waals surface area contributed by atoms with E-state index in [1.165, 1.54) is 23.4 Å². The number of aromatic hydroxyl groups is 1. The van der Waals surface area contributed by atoms with Gasteiger partial charge in [0.1, 0.15) is 24.6 Å². The highest BCUT2D eigenvalue weighted by molar-refractivity contribution is 5.93. The second-order valence-electron chi connectivity index (χ2n) is 12.6. The van der Waals surface area contributed by atoms with Crippen LogP contribution >= 0.6 is 0 Å². The first kappa shape index (κ1) is 34.3. The Morgan fingerprint density at radius 3 is 2.35 bits per heavy atom. The number of aromatic nitrogens is 6. The first-order valence-corrected chi connectivity index (χ1v) is 16.7. The highest BCUT2D eigenvalue weighted by Crippen LogP contribution is 2.35. The molecule has 0 aliphatic heterocycles. The van der Waals surface area contributed by atoms with Gasteiger partial charge in [-0.2, -0.15) is 15.1 Å². The molecule has 15 nitrogen and oxygen atoms in total. The number of aliphatic hydroxyl groups excluding tert-OH is 3. The number of carbonyl (C=O) groups excluding carboxylic acids is 2. The molecule has 7 N–H and O–H groups in total. The van der Waals surface area contributed by atoms with E-state index in [1.807, 2.05) is 36.4 Å². The molecule has 52 heavy (non-hydrogen) atoms. The van der Waals surface area contributed by atoms with Crippen molar-refractivity contribution in [2.45, 2.75) is 43.2 Å². The largest absolute Gasteiger partial charge is 0.508 e. The molecule has 6 aromatic rings. The average molecular weight is 704 g/mol. The summed E-state index contributed by atoms with van der Waals surface area (Å²) in [6.45, 7) is -0.141. The fourth-order valence-electron chi connectivity index (χ4n) is 6.55. The zero-order chi connectivity index (χ0) is 36.2. The van der Waals surface area contributed by atoms with Crippen LogP contribution in [0.2, 0.25) is 0 Å². The number of aliphatic hydroxyl groups is 3. The molecule has 7 rings (SSSR count). The lowest BCUT2D eigenvalue weighted by atomic mass is 9.91. The highest BCUT2D eigenvalue weighted by Gasteiger charge is 2.44. The number of nitrogens with zero attached hydrogens (tertiary/aromatic N) is 6. The predicted molar refractivity (Wildman–Crippen MR) is 190 cm³/mol. The van der Waals surface area contributed by atoms with E-state index in [1.54, 1.807) is 28.8 Å². The van der Waals surface area contributed by atoms with Gasteiger partial charge >= 0.3 is 0 Å². The van der Waals surface area contributed by atoms with Crippen LogP contribution in [0.5, 0.6) is 5.75 Å². The molecule has 266 valence electrons.